The number of carbonyl (C=O) groups is 1. The lowest BCUT2D eigenvalue weighted by molar-refractivity contribution is 0.104. The maximum Gasteiger partial charge on any atom is 0.335 e. The highest BCUT2D eigenvalue weighted by atomic mass is 35.5. The van der Waals surface area contributed by atoms with Crippen molar-refractivity contribution in [2.45, 2.75) is 6.54 Å². The molecule has 0 radical (unpaired) electrons. The lowest BCUT2D eigenvalue weighted by atomic mass is 10.2. The lowest BCUT2D eigenvalue weighted by Crippen LogP contribution is -2.42. The third-order valence-electron chi connectivity index (χ3n) is 4.32. The number of halogens is 2. The van der Waals surface area contributed by atoms with E-state index in [2.05, 4.69) is 0 Å². The van der Waals surface area contributed by atoms with Crippen LogP contribution in [0.3, 0.4) is 0 Å². The molecule has 0 saturated carbocycles. The van der Waals surface area contributed by atoms with Gasteiger partial charge in [0.05, 0.1) is 12.2 Å². The van der Waals surface area contributed by atoms with Crippen LogP contribution in [0.25, 0.3) is 5.69 Å². The molecular weight excluding hydrogens is 409 g/mol. The monoisotopic (exact) mass is 427 g/mol. The molecule has 6 nitrogen and oxygen atoms in total. The molecule has 0 amide bonds. The highest BCUT2D eigenvalue weighted by molar-refractivity contribution is 6.30. The van der Waals surface area contributed by atoms with Crippen LogP contribution in [0.4, 0.5) is 4.39 Å². The molecule has 154 valence electrons. The minimum atomic E-state index is -0.719. The van der Waals surface area contributed by atoms with E-state index in [9.17, 15) is 18.8 Å². The van der Waals surface area contributed by atoms with Crippen molar-refractivity contribution in [2.75, 3.05) is 14.1 Å². The minimum Gasteiger partial charge on any atom is -0.383 e. The van der Waals surface area contributed by atoms with Gasteiger partial charge in [0.25, 0.3) is 5.56 Å². The standard InChI is InChI=1S/C22H19ClFN3O3/c1-25(2)12-11-20(28)19-14-26(18-9-5-16(23)6-10-18)22(30)27(21(19)29)13-15-3-7-17(24)8-4-15/h3-12,14H,13H2,1-2H3. The molecule has 0 aliphatic carbocycles. The maximum absolute atomic E-state index is 13.2. The molecular formula is C22H19ClFN3O3. The van der Waals surface area contributed by atoms with Crippen LogP contribution >= 0.6 is 11.6 Å². The lowest BCUT2D eigenvalue weighted by Gasteiger charge is -2.13. The quantitative estimate of drug-likeness (QED) is 0.448. The molecule has 1 heterocycles. The van der Waals surface area contributed by atoms with Crippen molar-refractivity contribution in [3.8, 4) is 5.69 Å². The SMILES string of the molecule is CN(C)C=CC(=O)c1cn(-c2ccc(Cl)cc2)c(=O)n(Cc2ccc(F)cc2)c1=O. The Hall–Kier alpha value is -3.45. The Bertz CT molecular complexity index is 1210. The van der Waals surface area contributed by atoms with Gasteiger partial charge in [-0.2, -0.15) is 0 Å². The van der Waals surface area contributed by atoms with Gasteiger partial charge < -0.3 is 4.90 Å². The number of nitrogens with zero attached hydrogens (tertiary/aromatic N) is 3. The van der Waals surface area contributed by atoms with Gasteiger partial charge in [-0.1, -0.05) is 23.7 Å². The van der Waals surface area contributed by atoms with E-state index in [1.807, 2.05) is 0 Å². The van der Waals surface area contributed by atoms with Crippen LogP contribution in [0.1, 0.15) is 15.9 Å². The van der Waals surface area contributed by atoms with Crippen molar-refractivity contribution in [3.05, 3.63) is 110 Å². The average molecular weight is 428 g/mol. The first kappa shape index (κ1) is 21.3. The zero-order chi connectivity index (χ0) is 21.8. The summed E-state index contributed by atoms with van der Waals surface area (Å²) in [4.78, 5) is 40.4. The van der Waals surface area contributed by atoms with E-state index in [1.165, 1.54) is 47.3 Å². The molecule has 0 aliphatic rings. The first-order valence-corrected chi connectivity index (χ1v) is 9.40. The summed E-state index contributed by atoms with van der Waals surface area (Å²) in [7, 11) is 3.48. The third-order valence-corrected chi connectivity index (χ3v) is 4.57. The van der Waals surface area contributed by atoms with Crippen molar-refractivity contribution >= 4 is 17.4 Å². The van der Waals surface area contributed by atoms with E-state index >= 15 is 0 Å². The molecule has 0 aliphatic heterocycles. The fourth-order valence-corrected chi connectivity index (χ4v) is 2.90. The van der Waals surface area contributed by atoms with Gasteiger partial charge in [-0.05, 0) is 42.0 Å². The summed E-state index contributed by atoms with van der Waals surface area (Å²) in [5.41, 5.74) is -0.512. The summed E-state index contributed by atoms with van der Waals surface area (Å²) in [5.74, 6) is -0.966. The summed E-state index contributed by atoms with van der Waals surface area (Å²) >= 11 is 5.93. The number of hydrogen-bond acceptors (Lipinski definition) is 4. The Morgan fingerprint density at radius 2 is 1.70 bits per heavy atom. The number of allylic oxidation sites excluding steroid dienone is 1. The fraction of sp³-hybridized carbons (Fsp3) is 0.136. The second-order valence-corrected chi connectivity index (χ2v) is 7.27. The molecule has 2 aromatic carbocycles. The second-order valence-electron chi connectivity index (χ2n) is 6.83. The van der Waals surface area contributed by atoms with Gasteiger partial charge >= 0.3 is 5.69 Å². The number of ketones is 1. The summed E-state index contributed by atoms with van der Waals surface area (Å²) in [6.07, 6.45) is 4.01. The Morgan fingerprint density at radius 1 is 1.07 bits per heavy atom. The summed E-state index contributed by atoms with van der Waals surface area (Å²) in [6.45, 7) is -0.107. The predicted molar refractivity (Wildman–Crippen MR) is 114 cm³/mol. The van der Waals surface area contributed by atoms with Crippen molar-refractivity contribution in [1.82, 2.24) is 14.0 Å². The predicted octanol–water partition coefficient (Wildman–Crippen LogP) is 3.10. The normalized spacial score (nSPS) is 11.1. The van der Waals surface area contributed by atoms with Crippen LogP contribution in [-0.2, 0) is 6.54 Å². The van der Waals surface area contributed by atoms with E-state index in [4.69, 9.17) is 11.6 Å². The molecule has 8 heteroatoms. The first-order valence-electron chi connectivity index (χ1n) is 9.02. The van der Waals surface area contributed by atoms with Crippen LogP contribution in [0.5, 0.6) is 0 Å². The Balaban J connectivity index is 2.19. The van der Waals surface area contributed by atoms with Crippen LogP contribution < -0.4 is 11.2 Å². The second kappa shape index (κ2) is 8.92. The molecule has 0 atom stereocenters. The Morgan fingerprint density at radius 3 is 2.30 bits per heavy atom. The molecule has 0 bridgehead atoms. The van der Waals surface area contributed by atoms with Crippen LogP contribution in [-0.4, -0.2) is 33.9 Å². The molecule has 0 saturated heterocycles. The van der Waals surface area contributed by atoms with Crippen molar-refractivity contribution in [1.29, 1.82) is 0 Å². The fourth-order valence-electron chi connectivity index (χ4n) is 2.78. The molecule has 3 aromatic rings. The smallest absolute Gasteiger partial charge is 0.335 e. The van der Waals surface area contributed by atoms with Crippen LogP contribution in [0, 0.1) is 5.82 Å². The molecule has 0 unspecified atom stereocenters. The molecule has 3 rings (SSSR count). The Labute approximate surface area is 177 Å². The van der Waals surface area contributed by atoms with Gasteiger partial charge in [0.15, 0.2) is 5.78 Å². The van der Waals surface area contributed by atoms with E-state index in [-0.39, 0.29) is 12.1 Å². The van der Waals surface area contributed by atoms with Gasteiger partial charge in [0.1, 0.15) is 11.4 Å². The van der Waals surface area contributed by atoms with Crippen LogP contribution in [0.15, 0.2) is 76.6 Å². The molecule has 0 fully saturated rings. The van der Waals surface area contributed by atoms with Gasteiger partial charge in [-0.15, -0.1) is 0 Å². The molecule has 0 spiro atoms. The first-order chi connectivity index (χ1) is 14.3. The summed E-state index contributed by atoms with van der Waals surface area (Å²) < 4.78 is 15.4. The topological polar surface area (TPSA) is 64.3 Å². The van der Waals surface area contributed by atoms with Crippen LogP contribution in [0.2, 0.25) is 5.02 Å². The van der Waals surface area contributed by atoms with Crippen molar-refractivity contribution in [2.24, 2.45) is 0 Å². The summed E-state index contributed by atoms with van der Waals surface area (Å²) in [6, 6.07) is 11.9. The van der Waals surface area contributed by atoms with E-state index in [1.54, 1.807) is 43.3 Å². The largest absolute Gasteiger partial charge is 0.383 e. The number of benzene rings is 2. The van der Waals surface area contributed by atoms with Gasteiger partial charge in [0, 0.05) is 37.6 Å². The number of hydrogen-bond donors (Lipinski definition) is 0. The molecule has 0 N–H and O–H groups in total. The number of carbonyl (C=O) groups excluding carboxylic acids is 1. The van der Waals surface area contributed by atoms with Crippen molar-refractivity contribution in [3.63, 3.8) is 0 Å². The third kappa shape index (κ3) is 4.75. The molecule has 1 aromatic heterocycles. The Kier molecular flexibility index (Phi) is 6.32. The van der Waals surface area contributed by atoms with Gasteiger partial charge in [-0.3, -0.25) is 18.7 Å². The zero-order valence-electron chi connectivity index (χ0n) is 16.4. The average Bonchev–Trinajstić information content (AvgIpc) is 2.72. The zero-order valence-corrected chi connectivity index (χ0v) is 17.1. The van der Waals surface area contributed by atoms with Gasteiger partial charge in [0.2, 0.25) is 0 Å². The van der Waals surface area contributed by atoms with Crippen molar-refractivity contribution < 1.29 is 9.18 Å². The summed E-state index contributed by atoms with van der Waals surface area (Å²) in [5, 5.41) is 0.483. The maximum atomic E-state index is 13.2. The highest BCUT2D eigenvalue weighted by Crippen LogP contribution is 2.12. The van der Waals surface area contributed by atoms with E-state index < -0.39 is 22.8 Å². The minimum absolute atomic E-state index is 0.107. The van der Waals surface area contributed by atoms with Gasteiger partial charge in [-0.25, -0.2) is 9.18 Å². The highest BCUT2D eigenvalue weighted by Gasteiger charge is 2.17. The number of rotatable bonds is 6. The van der Waals surface area contributed by atoms with E-state index in [0.717, 1.165) is 4.57 Å². The van der Waals surface area contributed by atoms with E-state index in [0.29, 0.717) is 16.3 Å². The number of aromatic nitrogens is 2. The molecule has 30 heavy (non-hydrogen) atoms.